The van der Waals surface area contributed by atoms with Gasteiger partial charge in [0.1, 0.15) is 5.60 Å². The molecule has 30 heavy (non-hydrogen) atoms. The molecule has 4 nitrogen and oxygen atoms in total. The number of ether oxygens (including phenoxy) is 1. The highest BCUT2D eigenvalue weighted by Gasteiger charge is 2.25. The van der Waals surface area contributed by atoms with Crippen molar-refractivity contribution in [2.45, 2.75) is 71.8 Å². The highest BCUT2D eigenvalue weighted by molar-refractivity contribution is 7.15. The van der Waals surface area contributed by atoms with Crippen molar-refractivity contribution >= 4 is 17.2 Å². The molecule has 2 N–H and O–H groups in total. The predicted octanol–water partition coefficient (Wildman–Crippen LogP) is 7.32. The fraction of sp³-hybridized carbons (Fsp3) is 0.440. The first-order chi connectivity index (χ1) is 14.4. The second kappa shape index (κ2) is 11.1. The summed E-state index contributed by atoms with van der Waals surface area (Å²) in [5.41, 5.74) is 7.55. The molecule has 5 heteroatoms. The molecule has 2 aromatic rings. The molecular formula is C25H35N3OS. The van der Waals surface area contributed by atoms with E-state index in [1.807, 2.05) is 51.3 Å². The molecular weight excluding hydrogens is 390 g/mol. The monoisotopic (exact) mass is 425 g/mol. The zero-order valence-electron chi connectivity index (χ0n) is 18.9. The van der Waals surface area contributed by atoms with Gasteiger partial charge in [-0.25, -0.2) is 9.97 Å². The van der Waals surface area contributed by atoms with Crippen LogP contribution < -0.4 is 10.5 Å². The molecule has 0 aliphatic carbocycles. The number of thiazole rings is 1. The maximum absolute atomic E-state index is 6.32. The lowest BCUT2D eigenvalue weighted by atomic mass is 9.96. The van der Waals surface area contributed by atoms with E-state index in [1.54, 1.807) is 23.6 Å². The van der Waals surface area contributed by atoms with Gasteiger partial charge >= 0.3 is 0 Å². The number of aromatic nitrogens is 2. The lowest BCUT2D eigenvalue weighted by Gasteiger charge is -2.28. The van der Waals surface area contributed by atoms with Crippen molar-refractivity contribution in [1.82, 2.24) is 9.97 Å². The standard InChI is InChI=1S/C25H35N3OS/c1-7-11-18(12-8-2)24-28-17-22(30-24)19-15-21(23(26)27-16-19)29-25(5,6)20(13-9-3)14-10-4/h9-10,13-18H,3,7-8,11-12H2,1-2,4-6H3,(H2,26,27)/b14-10-,20-13+. The summed E-state index contributed by atoms with van der Waals surface area (Å²) >= 11 is 1.75. The third-order valence-corrected chi connectivity index (χ3v) is 6.23. The van der Waals surface area contributed by atoms with Crippen LogP contribution in [0.3, 0.4) is 0 Å². The van der Waals surface area contributed by atoms with Crippen molar-refractivity contribution in [2.24, 2.45) is 0 Å². The summed E-state index contributed by atoms with van der Waals surface area (Å²) in [6.07, 6.45) is 16.2. The third-order valence-electron chi connectivity index (χ3n) is 5.02. The Morgan fingerprint density at radius 2 is 1.93 bits per heavy atom. The van der Waals surface area contributed by atoms with Gasteiger partial charge in [-0.15, -0.1) is 11.3 Å². The minimum Gasteiger partial charge on any atom is -0.479 e. The molecule has 0 bridgehead atoms. The van der Waals surface area contributed by atoms with Gasteiger partial charge in [0.15, 0.2) is 11.6 Å². The fourth-order valence-electron chi connectivity index (χ4n) is 3.47. The number of anilines is 1. The second-order valence-corrected chi connectivity index (χ2v) is 8.98. The maximum atomic E-state index is 6.32. The highest BCUT2D eigenvalue weighted by atomic mass is 32.1. The number of rotatable bonds is 11. The van der Waals surface area contributed by atoms with Crippen LogP contribution in [0.25, 0.3) is 10.4 Å². The van der Waals surface area contributed by atoms with Crippen LogP contribution in [0.2, 0.25) is 0 Å². The average Bonchev–Trinajstić information content (AvgIpc) is 3.19. The van der Waals surface area contributed by atoms with Crippen molar-refractivity contribution < 1.29 is 4.74 Å². The van der Waals surface area contributed by atoms with Crippen LogP contribution in [0.4, 0.5) is 5.82 Å². The van der Waals surface area contributed by atoms with E-state index in [-0.39, 0.29) is 0 Å². The van der Waals surface area contributed by atoms with Crippen molar-refractivity contribution in [1.29, 1.82) is 0 Å². The van der Waals surface area contributed by atoms with Crippen molar-refractivity contribution in [3.63, 3.8) is 0 Å². The topological polar surface area (TPSA) is 61.0 Å². The zero-order valence-corrected chi connectivity index (χ0v) is 19.8. The average molecular weight is 426 g/mol. The smallest absolute Gasteiger partial charge is 0.166 e. The summed E-state index contributed by atoms with van der Waals surface area (Å²) in [5.74, 6) is 1.48. The van der Waals surface area contributed by atoms with Gasteiger partial charge in [0.25, 0.3) is 0 Å². The summed E-state index contributed by atoms with van der Waals surface area (Å²) in [7, 11) is 0. The van der Waals surface area contributed by atoms with Gasteiger partial charge < -0.3 is 10.5 Å². The Kier molecular flexibility index (Phi) is 8.85. The van der Waals surface area contributed by atoms with Crippen molar-refractivity contribution in [3.8, 4) is 16.2 Å². The van der Waals surface area contributed by atoms with Crippen molar-refractivity contribution in [3.05, 3.63) is 59.9 Å². The molecule has 0 saturated carbocycles. The number of hydrogen-bond donors (Lipinski definition) is 1. The molecule has 0 amide bonds. The Balaban J connectivity index is 2.33. The van der Waals surface area contributed by atoms with Crippen LogP contribution in [0.15, 0.2) is 54.9 Å². The van der Waals surface area contributed by atoms with Crippen LogP contribution >= 0.6 is 11.3 Å². The Bertz CT molecular complexity index is 890. The van der Waals surface area contributed by atoms with Gasteiger partial charge in [-0.1, -0.05) is 57.6 Å². The van der Waals surface area contributed by atoms with E-state index in [0.29, 0.717) is 17.5 Å². The molecule has 0 saturated heterocycles. The summed E-state index contributed by atoms with van der Waals surface area (Å²) in [6.45, 7) is 14.3. The van der Waals surface area contributed by atoms with E-state index >= 15 is 0 Å². The van der Waals surface area contributed by atoms with Crippen LogP contribution in [-0.4, -0.2) is 15.6 Å². The molecule has 0 unspecified atom stereocenters. The van der Waals surface area contributed by atoms with E-state index in [2.05, 4.69) is 25.4 Å². The quantitative estimate of drug-likeness (QED) is 0.383. The molecule has 0 aliphatic rings. The molecule has 2 rings (SSSR count). The molecule has 162 valence electrons. The summed E-state index contributed by atoms with van der Waals surface area (Å²) < 4.78 is 6.32. The van der Waals surface area contributed by atoms with Crippen LogP contribution in [0, 0.1) is 0 Å². The van der Waals surface area contributed by atoms with E-state index in [4.69, 9.17) is 15.5 Å². The largest absolute Gasteiger partial charge is 0.479 e. The third kappa shape index (κ3) is 6.05. The number of nitrogens with zero attached hydrogens (tertiary/aromatic N) is 2. The Morgan fingerprint density at radius 3 is 2.53 bits per heavy atom. The molecule has 0 spiro atoms. The van der Waals surface area contributed by atoms with Gasteiger partial charge in [-0.3, -0.25) is 0 Å². The minimum absolute atomic E-state index is 0.379. The first kappa shape index (κ1) is 23.9. The normalized spacial score (nSPS) is 12.7. The predicted molar refractivity (Wildman–Crippen MR) is 130 cm³/mol. The van der Waals surface area contributed by atoms with Crippen LogP contribution in [-0.2, 0) is 0 Å². The molecule has 0 aliphatic heterocycles. The van der Waals surface area contributed by atoms with E-state index < -0.39 is 5.60 Å². The molecule has 0 aromatic carbocycles. The molecule has 2 heterocycles. The number of hydrogen-bond acceptors (Lipinski definition) is 5. The Morgan fingerprint density at radius 1 is 1.23 bits per heavy atom. The first-order valence-electron chi connectivity index (χ1n) is 10.7. The fourth-order valence-corrected chi connectivity index (χ4v) is 4.53. The first-order valence-corrected chi connectivity index (χ1v) is 11.5. The molecule has 0 fully saturated rings. The Hall–Kier alpha value is -2.40. The van der Waals surface area contributed by atoms with Crippen molar-refractivity contribution in [2.75, 3.05) is 5.73 Å². The molecule has 0 atom stereocenters. The molecule has 0 radical (unpaired) electrons. The van der Waals surface area contributed by atoms with Crippen LogP contribution in [0.1, 0.15) is 71.2 Å². The van der Waals surface area contributed by atoms with Crippen LogP contribution in [0.5, 0.6) is 5.75 Å². The van der Waals surface area contributed by atoms with E-state index in [9.17, 15) is 0 Å². The highest BCUT2D eigenvalue weighted by Crippen LogP contribution is 2.37. The SMILES string of the molecule is C=C/C=C(\C=C/C)C(C)(C)Oc1cc(-c2cnc(C(CCC)CCC)s2)cnc1N. The number of pyridine rings is 1. The van der Waals surface area contributed by atoms with E-state index in [0.717, 1.165) is 16.0 Å². The van der Waals surface area contributed by atoms with Gasteiger partial charge in [0, 0.05) is 23.9 Å². The summed E-state index contributed by atoms with van der Waals surface area (Å²) in [6, 6.07) is 1.97. The second-order valence-electron chi connectivity index (χ2n) is 7.91. The van der Waals surface area contributed by atoms with Gasteiger partial charge in [-0.05, 0) is 45.3 Å². The van der Waals surface area contributed by atoms with E-state index in [1.165, 1.54) is 30.7 Å². The number of allylic oxidation sites excluding steroid dienone is 3. The van der Waals surface area contributed by atoms with Gasteiger partial charge in [0.2, 0.25) is 0 Å². The Labute approximate surface area is 185 Å². The lowest BCUT2D eigenvalue weighted by molar-refractivity contribution is 0.153. The number of nitrogen functional groups attached to an aromatic ring is 1. The number of nitrogens with two attached hydrogens (primary N) is 1. The zero-order chi connectivity index (χ0) is 22.1. The minimum atomic E-state index is -0.582. The lowest BCUT2D eigenvalue weighted by Crippen LogP contribution is -2.30. The van der Waals surface area contributed by atoms with Gasteiger partial charge in [-0.2, -0.15) is 0 Å². The molecule has 2 aromatic heterocycles. The summed E-state index contributed by atoms with van der Waals surface area (Å²) in [4.78, 5) is 10.2. The van der Waals surface area contributed by atoms with Gasteiger partial charge in [0.05, 0.1) is 9.88 Å². The maximum Gasteiger partial charge on any atom is 0.166 e. The summed E-state index contributed by atoms with van der Waals surface area (Å²) in [5, 5.41) is 1.21.